The average Bonchev–Trinajstić information content (AvgIpc) is 2.99. The summed E-state index contributed by atoms with van der Waals surface area (Å²) in [6, 6.07) is 2.49. The van der Waals surface area contributed by atoms with Gasteiger partial charge in [-0.25, -0.2) is 9.50 Å². The monoisotopic (exact) mass is 383 g/mol. The van der Waals surface area contributed by atoms with Crippen LogP contribution in [0.4, 0.5) is 5.82 Å². The van der Waals surface area contributed by atoms with Crippen LogP contribution in [0.25, 0.3) is 11.2 Å². The molecule has 6 rings (SSSR count). The largest absolute Gasteiger partial charge is 0.372 e. The van der Waals surface area contributed by atoms with Crippen LogP contribution in [0, 0.1) is 0 Å². The van der Waals surface area contributed by atoms with Crippen LogP contribution in [-0.2, 0) is 4.74 Å². The number of anilines is 1. The number of nitrogens with one attached hydrogen (secondary N) is 1. The lowest BCUT2D eigenvalue weighted by molar-refractivity contribution is 0.0593. The molecule has 2 aromatic rings. The molecule has 2 aromatic heterocycles. The van der Waals surface area contributed by atoms with Gasteiger partial charge in [-0.05, 0) is 49.6 Å². The van der Waals surface area contributed by atoms with Gasteiger partial charge in [0, 0.05) is 41.3 Å². The molecule has 3 atom stereocenters. The minimum atomic E-state index is 0.00486. The van der Waals surface area contributed by atoms with Gasteiger partial charge in [-0.15, -0.1) is 0 Å². The predicted octanol–water partition coefficient (Wildman–Crippen LogP) is 3.06. The Balaban J connectivity index is 1.45. The highest BCUT2D eigenvalue weighted by Gasteiger charge is 2.60. The van der Waals surface area contributed by atoms with Crippen molar-refractivity contribution in [2.45, 2.75) is 43.4 Å². The zero-order valence-corrected chi connectivity index (χ0v) is 15.8. The molecule has 2 aliphatic heterocycles. The standard InChI is InChI=1S/C20H22ClN5O/c21-14-8-13-9-15(10-14)27-7-6-25-4-1-3-20(25)11-17(20)23-18-2-5-26-19(24-18)16(13)12-22-26/h2,5,8-9,12,15,17H,1,3-4,6-7,10-11H2,(H,23,24). The maximum Gasteiger partial charge on any atom is 0.165 e. The van der Waals surface area contributed by atoms with Crippen molar-refractivity contribution in [1.29, 1.82) is 0 Å². The highest BCUT2D eigenvalue weighted by Crippen LogP contribution is 2.51. The molecule has 140 valence electrons. The molecule has 7 heteroatoms. The van der Waals surface area contributed by atoms with E-state index in [0.717, 1.165) is 53.8 Å². The second kappa shape index (κ2) is 5.80. The van der Waals surface area contributed by atoms with Crippen LogP contribution in [0.5, 0.6) is 0 Å². The van der Waals surface area contributed by atoms with Crippen molar-refractivity contribution in [3.05, 3.63) is 41.2 Å². The molecule has 6 nitrogen and oxygen atoms in total. The summed E-state index contributed by atoms with van der Waals surface area (Å²) in [5.74, 6) is 0.925. The van der Waals surface area contributed by atoms with E-state index in [4.69, 9.17) is 21.3 Å². The number of aromatic nitrogens is 3. The molecule has 4 heterocycles. The summed E-state index contributed by atoms with van der Waals surface area (Å²) in [4.78, 5) is 7.50. The van der Waals surface area contributed by atoms with Gasteiger partial charge < -0.3 is 10.1 Å². The summed E-state index contributed by atoms with van der Waals surface area (Å²) in [5, 5.41) is 8.96. The van der Waals surface area contributed by atoms with Crippen molar-refractivity contribution in [3.63, 3.8) is 0 Å². The highest BCUT2D eigenvalue weighted by atomic mass is 35.5. The van der Waals surface area contributed by atoms with Gasteiger partial charge in [0.25, 0.3) is 0 Å². The number of allylic oxidation sites excluding steroid dienone is 2. The van der Waals surface area contributed by atoms with Gasteiger partial charge in [0.15, 0.2) is 5.65 Å². The van der Waals surface area contributed by atoms with Crippen molar-refractivity contribution in [2.24, 2.45) is 0 Å². The van der Waals surface area contributed by atoms with Gasteiger partial charge >= 0.3 is 0 Å². The molecule has 1 N–H and O–H groups in total. The van der Waals surface area contributed by atoms with Gasteiger partial charge in [-0.1, -0.05) is 11.6 Å². The Morgan fingerprint density at radius 3 is 3.26 bits per heavy atom. The van der Waals surface area contributed by atoms with Gasteiger partial charge in [-0.2, -0.15) is 5.10 Å². The van der Waals surface area contributed by atoms with Crippen molar-refractivity contribution in [3.8, 4) is 0 Å². The molecule has 27 heavy (non-hydrogen) atoms. The quantitative estimate of drug-likeness (QED) is 0.757. The molecule has 4 aliphatic rings. The molecule has 3 unspecified atom stereocenters. The summed E-state index contributed by atoms with van der Waals surface area (Å²) in [7, 11) is 0. The number of nitrogens with zero attached hydrogens (tertiary/aromatic N) is 4. The van der Waals surface area contributed by atoms with Crippen LogP contribution < -0.4 is 5.32 Å². The van der Waals surface area contributed by atoms with E-state index in [-0.39, 0.29) is 11.6 Å². The fourth-order valence-electron chi connectivity index (χ4n) is 5.04. The molecule has 1 saturated carbocycles. The SMILES string of the molecule is ClC1=CC2=CC(C1)OCCN1CCCC13CC3Nc1ccn3ncc2c3n1. The molecule has 0 amide bonds. The van der Waals surface area contributed by atoms with Gasteiger partial charge in [0.1, 0.15) is 5.82 Å². The van der Waals surface area contributed by atoms with E-state index in [1.54, 1.807) is 0 Å². The summed E-state index contributed by atoms with van der Waals surface area (Å²) in [6.07, 6.45) is 12.5. The molecule has 1 spiro atoms. The zero-order valence-electron chi connectivity index (χ0n) is 15.1. The van der Waals surface area contributed by atoms with E-state index < -0.39 is 0 Å². The fraction of sp³-hybridized carbons (Fsp3) is 0.500. The van der Waals surface area contributed by atoms with E-state index >= 15 is 0 Å². The van der Waals surface area contributed by atoms with Crippen molar-refractivity contribution < 1.29 is 4.74 Å². The second-order valence-corrected chi connectivity index (χ2v) is 8.55. The molecule has 0 aromatic carbocycles. The number of fused-ring (bicyclic) bond motifs is 3. The van der Waals surface area contributed by atoms with E-state index in [0.29, 0.717) is 6.04 Å². The van der Waals surface area contributed by atoms with Gasteiger partial charge in [0.05, 0.1) is 18.9 Å². The topological polar surface area (TPSA) is 54.7 Å². The predicted molar refractivity (Wildman–Crippen MR) is 105 cm³/mol. The van der Waals surface area contributed by atoms with Crippen molar-refractivity contribution in [2.75, 3.05) is 25.0 Å². The van der Waals surface area contributed by atoms with Crippen LogP contribution in [0.15, 0.2) is 35.6 Å². The first-order chi connectivity index (χ1) is 13.2. The van der Waals surface area contributed by atoms with Crippen LogP contribution in [-0.4, -0.2) is 56.9 Å². The molecular weight excluding hydrogens is 362 g/mol. The molecule has 2 aliphatic carbocycles. The molecule has 2 fully saturated rings. The second-order valence-electron chi connectivity index (χ2n) is 8.06. The smallest absolute Gasteiger partial charge is 0.165 e. The molecule has 1 saturated heterocycles. The average molecular weight is 384 g/mol. The lowest BCUT2D eigenvalue weighted by atomic mass is 10.00. The Kier molecular flexibility index (Phi) is 3.46. The maximum absolute atomic E-state index is 6.44. The number of rotatable bonds is 0. The highest BCUT2D eigenvalue weighted by molar-refractivity contribution is 6.30. The maximum atomic E-state index is 6.44. The third kappa shape index (κ3) is 2.54. The normalized spacial score (nSPS) is 32.9. The third-order valence-electron chi connectivity index (χ3n) is 6.48. The van der Waals surface area contributed by atoms with Crippen molar-refractivity contribution >= 4 is 28.6 Å². The molecular formula is C20H22ClN5O. The Labute approximate surface area is 162 Å². The van der Waals surface area contributed by atoms with Gasteiger partial charge in [-0.3, -0.25) is 4.90 Å². The first kappa shape index (κ1) is 16.1. The van der Waals surface area contributed by atoms with Crippen molar-refractivity contribution in [1.82, 2.24) is 19.5 Å². The van der Waals surface area contributed by atoms with E-state index in [1.165, 1.54) is 19.3 Å². The summed E-state index contributed by atoms with van der Waals surface area (Å²) in [5.41, 5.74) is 3.17. The molecule has 4 bridgehead atoms. The minimum absolute atomic E-state index is 0.00486. The van der Waals surface area contributed by atoms with E-state index in [9.17, 15) is 0 Å². The Hall–Kier alpha value is -1.89. The third-order valence-corrected chi connectivity index (χ3v) is 6.75. The Bertz CT molecular complexity index is 982. The van der Waals surface area contributed by atoms with Crippen LogP contribution in [0.2, 0.25) is 0 Å². The summed E-state index contributed by atoms with van der Waals surface area (Å²) in [6.45, 7) is 2.87. The number of hydrogen-bond acceptors (Lipinski definition) is 5. The van der Waals surface area contributed by atoms with Crippen LogP contribution in [0.1, 0.15) is 31.2 Å². The number of hydrogen-bond donors (Lipinski definition) is 1. The Morgan fingerprint density at radius 2 is 2.30 bits per heavy atom. The number of ether oxygens (including phenoxy) is 1. The van der Waals surface area contributed by atoms with Crippen LogP contribution >= 0.6 is 11.6 Å². The fourth-order valence-corrected chi connectivity index (χ4v) is 5.31. The summed E-state index contributed by atoms with van der Waals surface area (Å²) >= 11 is 6.44. The van der Waals surface area contributed by atoms with Gasteiger partial charge in [0.2, 0.25) is 0 Å². The lowest BCUT2D eigenvalue weighted by Gasteiger charge is -2.27. The first-order valence-corrected chi connectivity index (χ1v) is 10.1. The summed E-state index contributed by atoms with van der Waals surface area (Å²) < 4.78 is 8.04. The minimum Gasteiger partial charge on any atom is -0.372 e. The van der Waals surface area contributed by atoms with E-state index in [2.05, 4.69) is 21.4 Å². The Morgan fingerprint density at radius 1 is 1.33 bits per heavy atom. The lowest BCUT2D eigenvalue weighted by Crippen LogP contribution is -2.39. The first-order valence-electron chi connectivity index (χ1n) is 9.77. The van der Waals surface area contributed by atoms with Crippen LogP contribution in [0.3, 0.4) is 0 Å². The van der Waals surface area contributed by atoms with E-state index in [1.807, 2.05) is 29.1 Å². The number of halogens is 1. The zero-order chi connectivity index (χ0) is 18.0. The molecule has 0 radical (unpaired) electrons.